The van der Waals surface area contributed by atoms with Crippen molar-refractivity contribution >= 4 is 17.3 Å². The third-order valence-electron chi connectivity index (χ3n) is 1.69. The number of carboxylic acid groups (broad SMARTS) is 1. The summed E-state index contributed by atoms with van der Waals surface area (Å²) in [5.74, 6) is -0.888. The van der Waals surface area contributed by atoms with Gasteiger partial charge in [0.25, 0.3) is 0 Å². The van der Waals surface area contributed by atoms with E-state index in [1.807, 2.05) is 6.92 Å². The van der Waals surface area contributed by atoms with Gasteiger partial charge in [0, 0.05) is 11.5 Å². The molecule has 0 saturated heterocycles. The quantitative estimate of drug-likeness (QED) is 0.728. The molecule has 84 valence electrons. The largest absolute Gasteiger partial charge is 0.477 e. The van der Waals surface area contributed by atoms with Crippen LogP contribution in [-0.4, -0.2) is 30.9 Å². The minimum absolute atomic E-state index is 0.346. The van der Waals surface area contributed by atoms with Crippen molar-refractivity contribution < 1.29 is 19.4 Å². The van der Waals surface area contributed by atoms with E-state index in [1.165, 1.54) is 11.3 Å². The zero-order valence-electron chi connectivity index (χ0n) is 8.56. The van der Waals surface area contributed by atoms with E-state index >= 15 is 0 Å². The molecule has 0 spiro atoms. The van der Waals surface area contributed by atoms with E-state index in [2.05, 4.69) is 0 Å². The van der Waals surface area contributed by atoms with Crippen LogP contribution >= 0.6 is 11.3 Å². The lowest BCUT2D eigenvalue weighted by molar-refractivity contribution is 0.0462. The van der Waals surface area contributed by atoms with Gasteiger partial charge in [0.1, 0.15) is 4.88 Å². The van der Waals surface area contributed by atoms with Crippen LogP contribution < -0.4 is 0 Å². The van der Waals surface area contributed by atoms with Gasteiger partial charge in [0.2, 0.25) is 0 Å². The molecule has 1 N–H and O–H groups in total. The molecule has 0 unspecified atom stereocenters. The highest BCUT2D eigenvalue weighted by molar-refractivity contribution is 7.13. The summed E-state index contributed by atoms with van der Waals surface area (Å²) in [5.41, 5.74) is 0. The van der Waals surface area contributed by atoms with Crippen molar-refractivity contribution in [3.8, 4) is 0 Å². The fourth-order valence-corrected chi connectivity index (χ4v) is 1.79. The Bertz CT molecular complexity index is 308. The number of thiophene rings is 1. The maximum absolute atomic E-state index is 10.6. The molecule has 0 fully saturated rings. The van der Waals surface area contributed by atoms with Crippen molar-refractivity contribution in [1.29, 1.82) is 0 Å². The molecular formula is C10H14O4S. The molecule has 4 nitrogen and oxygen atoms in total. The Morgan fingerprint density at radius 2 is 2.13 bits per heavy atom. The SMILES string of the molecule is CCOCCOCc1ccc(C(=O)O)s1. The standard InChI is InChI=1S/C10H14O4S/c1-2-13-5-6-14-7-8-3-4-9(15-8)10(11)12/h3-4H,2,5-7H2,1H3,(H,11,12). The summed E-state index contributed by atoms with van der Waals surface area (Å²) in [5, 5.41) is 8.69. The Kier molecular flexibility index (Phi) is 5.31. The highest BCUT2D eigenvalue weighted by atomic mass is 32.1. The molecule has 1 heterocycles. The Morgan fingerprint density at radius 3 is 2.73 bits per heavy atom. The summed E-state index contributed by atoms with van der Waals surface area (Å²) >= 11 is 1.24. The maximum Gasteiger partial charge on any atom is 0.345 e. The van der Waals surface area contributed by atoms with Crippen LogP contribution in [0, 0.1) is 0 Å². The van der Waals surface area contributed by atoms with E-state index < -0.39 is 5.97 Å². The van der Waals surface area contributed by atoms with Gasteiger partial charge < -0.3 is 14.6 Å². The normalized spacial score (nSPS) is 10.5. The third-order valence-corrected chi connectivity index (χ3v) is 2.74. The molecule has 0 atom stereocenters. The minimum Gasteiger partial charge on any atom is -0.477 e. The van der Waals surface area contributed by atoms with Gasteiger partial charge in [-0.15, -0.1) is 11.3 Å². The van der Waals surface area contributed by atoms with Crippen molar-refractivity contribution in [3.63, 3.8) is 0 Å². The molecule has 0 aromatic carbocycles. The monoisotopic (exact) mass is 230 g/mol. The zero-order valence-corrected chi connectivity index (χ0v) is 9.38. The van der Waals surface area contributed by atoms with Crippen LogP contribution in [-0.2, 0) is 16.1 Å². The summed E-state index contributed by atoms with van der Waals surface area (Å²) in [6.07, 6.45) is 0. The van der Waals surface area contributed by atoms with Crippen LogP contribution in [0.4, 0.5) is 0 Å². The molecule has 1 rings (SSSR count). The second-order valence-corrected chi connectivity index (χ2v) is 3.99. The lowest BCUT2D eigenvalue weighted by Gasteiger charge is -2.01. The Labute approximate surface area is 92.4 Å². The molecule has 0 aliphatic heterocycles. The Hall–Kier alpha value is -0.910. The van der Waals surface area contributed by atoms with Gasteiger partial charge >= 0.3 is 5.97 Å². The number of rotatable bonds is 7. The molecule has 15 heavy (non-hydrogen) atoms. The van der Waals surface area contributed by atoms with E-state index in [0.717, 1.165) is 4.88 Å². The highest BCUT2D eigenvalue weighted by Gasteiger charge is 2.06. The van der Waals surface area contributed by atoms with Crippen molar-refractivity contribution in [3.05, 3.63) is 21.9 Å². The second-order valence-electron chi connectivity index (χ2n) is 2.82. The fourth-order valence-electron chi connectivity index (χ4n) is 1.01. The summed E-state index contributed by atoms with van der Waals surface area (Å²) < 4.78 is 10.4. The first-order valence-electron chi connectivity index (χ1n) is 4.71. The highest BCUT2D eigenvalue weighted by Crippen LogP contribution is 2.16. The van der Waals surface area contributed by atoms with Crippen LogP contribution in [0.3, 0.4) is 0 Å². The first kappa shape index (κ1) is 12.2. The Balaban J connectivity index is 2.23. The molecule has 0 aliphatic carbocycles. The molecule has 1 aromatic heterocycles. The number of ether oxygens (including phenoxy) is 2. The maximum atomic E-state index is 10.6. The van der Waals surface area contributed by atoms with Gasteiger partial charge in [-0.3, -0.25) is 0 Å². The molecule has 5 heteroatoms. The first-order valence-corrected chi connectivity index (χ1v) is 5.53. The van der Waals surface area contributed by atoms with Crippen LogP contribution in [0.25, 0.3) is 0 Å². The molecule has 1 aromatic rings. The summed E-state index contributed by atoms with van der Waals surface area (Å²) in [7, 11) is 0. The fraction of sp³-hybridized carbons (Fsp3) is 0.500. The average Bonchev–Trinajstić information content (AvgIpc) is 2.66. The third kappa shape index (κ3) is 4.42. The van der Waals surface area contributed by atoms with E-state index in [-0.39, 0.29) is 0 Å². The first-order chi connectivity index (χ1) is 7.24. The predicted octanol–water partition coefficient (Wildman–Crippen LogP) is 2.00. The van der Waals surface area contributed by atoms with E-state index in [9.17, 15) is 4.79 Å². The van der Waals surface area contributed by atoms with Crippen molar-refractivity contribution in [2.75, 3.05) is 19.8 Å². The van der Waals surface area contributed by atoms with E-state index in [4.69, 9.17) is 14.6 Å². The number of hydrogen-bond acceptors (Lipinski definition) is 4. The van der Waals surface area contributed by atoms with Crippen LogP contribution in [0.5, 0.6) is 0 Å². The lowest BCUT2D eigenvalue weighted by Crippen LogP contribution is -2.03. The van der Waals surface area contributed by atoms with Gasteiger partial charge in [0.05, 0.1) is 19.8 Å². The molecule has 0 bridgehead atoms. The van der Waals surface area contributed by atoms with Crippen molar-refractivity contribution in [2.45, 2.75) is 13.5 Å². The van der Waals surface area contributed by atoms with Gasteiger partial charge in [-0.25, -0.2) is 4.79 Å². The van der Waals surface area contributed by atoms with Gasteiger partial charge in [-0.2, -0.15) is 0 Å². The lowest BCUT2D eigenvalue weighted by atomic mass is 10.4. The van der Waals surface area contributed by atoms with Gasteiger partial charge in [0.15, 0.2) is 0 Å². The molecular weight excluding hydrogens is 216 g/mol. The van der Waals surface area contributed by atoms with Crippen LogP contribution in [0.1, 0.15) is 21.5 Å². The number of hydrogen-bond donors (Lipinski definition) is 1. The number of carbonyl (C=O) groups is 1. The van der Waals surface area contributed by atoms with Gasteiger partial charge in [-0.1, -0.05) is 0 Å². The molecule has 0 amide bonds. The zero-order chi connectivity index (χ0) is 11.1. The van der Waals surface area contributed by atoms with Crippen LogP contribution in [0.15, 0.2) is 12.1 Å². The number of aromatic carboxylic acids is 1. The summed E-state index contributed by atoms with van der Waals surface area (Å²) in [4.78, 5) is 11.8. The number of carboxylic acids is 1. The summed E-state index contributed by atoms with van der Waals surface area (Å²) in [6.45, 7) is 4.18. The van der Waals surface area contributed by atoms with Crippen molar-refractivity contribution in [1.82, 2.24) is 0 Å². The predicted molar refractivity (Wildman–Crippen MR) is 57.4 cm³/mol. The molecule has 0 radical (unpaired) electrons. The average molecular weight is 230 g/mol. The smallest absolute Gasteiger partial charge is 0.345 e. The van der Waals surface area contributed by atoms with Gasteiger partial charge in [-0.05, 0) is 19.1 Å². The van der Waals surface area contributed by atoms with E-state index in [0.29, 0.717) is 31.3 Å². The van der Waals surface area contributed by atoms with Crippen molar-refractivity contribution in [2.24, 2.45) is 0 Å². The second kappa shape index (κ2) is 6.55. The van der Waals surface area contributed by atoms with Crippen LogP contribution in [0.2, 0.25) is 0 Å². The van der Waals surface area contributed by atoms with E-state index in [1.54, 1.807) is 12.1 Å². The summed E-state index contributed by atoms with van der Waals surface area (Å²) in [6, 6.07) is 3.36. The minimum atomic E-state index is -0.888. The molecule has 0 aliphatic rings. The molecule has 0 saturated carbocycles. The Morgan fingerprint density at radius 1 is 1.40 bits per heavy atom. The topological polar surface area (TPSA) is 55.8 Å².